The van der Waals surface area contributed by atoms with Gasteiger partial charge in [-0.25, -0.2) is 14.6 Å². The molecule has 1 aromatic rings. The second-order valence-electron chi connectivity index (χ2n) is 12.3. The summed E-state index contributed by atoms with van der Waals surface area (Å²) in [7, 11) is 0. The van der Waals surface area contributed by atoms with Crippen molar-refractivity contribution in [3.63, 3.8) is 0 Å². The zero-order chi connectivity index (χ0) is 26.2. The lowest BCUT2D eigenvalue weighted by Crippen LogP contribution is -2.58. The Morgan fingerprint density at radius 2 is 1.81 bits per heavy atom. The number of hydrogen-bond donors (Lipinski definition) is 0. The van der Waals surface area contributed by atoms with Gasteiger partial charge >= 0.3 is 12.2 Å². The summed E-state index contributed by atoms with van der Waals surface area (Å²) in [5, 5.41) is 0. The summed E-state index contributed by atoms with van der Waals surface area (Å²) in [5.41, 5.74) is 1.06. The number of carbonyl (C=O) groups excluding carboxylic acids is 2. The van der Waals surface area contributed by atoms with Crippen LogP contribution in [0.25, 0.3) is 0 Å². The van der Waals surface area contributed by atoms with Gasteiger partial charge in [0.15, 0.2) is 0 Å². The van der Waals surface area contributed by atoms with E-state index >= 15 is 0 Å². The van der Waals surface area contributed by atoms with Crippen LogP contribution in [0.15, 0.2) is 18.3 Å². The van der Waals surface area contributed by atoms with Crippen LogP contribution in [0.5, 0.6) is 0 Å². The van der Waals surface area contributed by atoms with Crippen LogP contribution in [0, 0.1) is 5.41 Å². The van der Waals surface area contributed by atoms with Crippen molar-refractivity contribution in [2.24, 2.45) is 5.41 Å². The molecular weight excluding hydrogens is 470 g/mol. The number of pyridine rings is 1. The molecule has 3 aliphatic heterocycles. The van der Waals surface area contributed by atoms with Gasteiger partial charge in [0.1, 0.15) is 11.4 Å². The molecule has 0 aromatic carbocycles. The number of aromatic nitrogens is 1. The standard InChI is InChI=1S/C28H43N5O4/c1-5-36-25(34)33-19-28(20-33)10-8-22(17-28)30-13-15-31(16-14-30)24-23(7-6-11-29-24)21-9-12-32(18-21)26(35)37-27(2,3)4/h6-7,11,21-22H,5,8-10,12-20H2,1-4H3/t21?,22-/m1/s1. The third-order valence-electron chi connectivity index (χ3n) is 8.48. The van der Waals surface area contributed by atoms with Gasteiger partial charge in [0, 0.05) is 75.9 Å². The molecule has 0 radical (unpaired) electrons. The van der Waals surface area contributed by atoms with Crippen molar-refractivity contribution in [3.05, 3.63) is 23.9 Å². The number of likely N-dealkylation sites (tertiary alicyclic amines) is 2. The highest BCUT2D eigenvalue weighted by molar-refractivity contribution is 5.69. The molecule has 9 heteroatoms. The first-order valence-electron chi connectivity index (χ1n) is 14.0. The predicted octanol–water partition coefficient (Wildman–Crippen LogP) is 3.94. The first kappa shape index (κ1) is 26.1. The van der Waals surface area contributed by atoms with E-state index in [0.717, 1.165) is 58.1 Å². The molecule has 4 heterocycles. The maximum Gasteiger partial charge on any atom is 0.410 e. The topological polar surface area (TPSA) is 78.5 Å². The van der Waals surface area contributed by atoms with Gasteiger partial charge in [0.25, 0.3) is 0 Å². The number of anilines is 1. The normalized spacial score (nSPS) is 25.9. The first-order valence-corrected chi connectivity index (χ1v) is 14.0. The number of piperazine rings is 1. The molecular formula is C28H43N5O4. The monoisotopic (exact) mass is 513 g/mol. The van der Waals surface area contributed by atoms with Gasteiger partial charge in [-0.15, -0.1) is 0 Å². The summed E-state index contributed by atoms with van der Waals surface area (Å²) in [4.78, 5) is 38.2. The highest BCUT2D eigenvalue weighted by Crippen LogP contribution is 2.47. The molecule has 1 spiro atoms. The van der Waals surface area contributed by atoms with Crippen LogP contribution in [0.2, 0.25) is 0 Å². The fourth-order valence-corrected chi connectivity index (χ4v) is 6.68. The third-order valence-corrected chi connectivity index (χ3v) is 8.48. The lowest BCUT2D eigenvalue weighted by atomic mass is 9.78. The van der Waals surface area contributed by atoms with Gasteiger partial charge in [0.2, 0.25) is 0 Å². The average Bonchev–Trinajstić information content (AvgIpc) is 3.51. The van der Waals surface area contributed by atoms with Crippen molar-refractivity contribution >= 4 is 18.0 Å². The van der Waals surface area contributed by atoms with Gasteiger partial charge < -0.3 is 24.2 Å². The Morgan fingerprint density at radius 3 is 2.51 bits per heavy atom. The van der Waals surface area contributed by atoms with Crippen LogP contribution >= 0.6 is 0 Å². The van der Waals surface area contributed by atoms with Gasteiger partial charge in [0.05, 0.1) is 6.61 Å². The third kappa shape index (κ3) is 5.66. The molecule has 1 aliphatic carbocycles. The van der Waals surface area contributed by atoms with Crippen LogP contribution in [-0.4, -0.2) is 102 Å². The highest BCUT2D eigenvalue weighted by Gasteiger charge is 2.51. The number of carbonyl (C=O) groups is 2. The van der Waals surface area contributed by atoms with Crippen LogP contribution in [0.3, 0.4) is 0 Å². The van der Waals surface area contributed by atoms with E-state index in [0.29, 0.717) is 24.6 Å². The molecule has 9 nitrogen and oxygen atoms in total. The van der Waals surface area contributed by atoms with Crippen molar-refractivity contribution in [1.82, 2.24) is 19.7 Å². The van der Waals surface area contributed by atoms with Gasteiger partial charge in [-0.2, -0.15) is 0 Å². The van der Waals surface area contributed by atoms with E-state index in [1.165, 1.54) is 24.8 Å². The highest BCUT2D eigenvalue weighted by atomic mass is 16.6. The lowest BCUT2D eigenvalue weighted by molar-refractivity contribution is -0.00295. The van der Waals surface area contributed by atoms with Gasteiger partial charge in [-0.1, -0.05) is 6.07 Å². The first-order chi connectivity index (χ1) is 17.7. The Labute approximate surface area is 221 Å². The quantitative estimate of drug-likeness (QED) is 0.603. The summed E-state index contributed by atoms with van der Waals surface area (Å²) >= 11 is 0. The molecule has 1 saturated carbocycles. The Balaban J connectivity index is 1.14. The van der Waals surface area contributed by atoms with Crippen molar-refractivity contribution < 1.29 is 19.1 Å². The van der Waals surface area contributed by atoms with Crippen LogP contribution < -0.4 is 4.90 Å². The van der Waals surface area contributed by atoms with E-state index in [1.54, 1.807) is 0 Å². The fourth-order valence-electron chi connectivity index (χ4n) is 6.68. The van der Waals surface area contributed by atoms with E-state index in [9.17, 15) is 9.59 Å². The zero-order valence-electron chi connectivity index (χ0n) is 22.9. The predicted molar refractivity (Wildman–Crippen MR) is 142 cm³/mol. The maximum absolute atomic E-state index is 12.6. The van der Waals surface area contributed by atoms with Gasteiger partial charge in [-0.3, -0.25) is 4.90 Å². The van der Waals surface area contributed by atoms with E-state index in [4.69, 9.17) is 14.5 Å². The zero-order valence-corrected chi connectivity index (χ0v) is 22.9. The maximum atomic E-state index is 12.6. The molecule has 2 atom stereocenters. The largest absolute Gasteiger partial charge is 0.450 e. The Kier molecular flexibility index (Phi) is 7.27. The number of amides is 2. The molecule has 204 valence electrons. The molecule has 37 heavy (non-hydrogen) atoms. The fraction of sp³-hybridized carbons (Fsp3) is 0.750. The van der Waals surface area contributed by atoms with Crippen molar-refractivity contribution in [3.8, 4) is 0 Å². The summed E-state index contributed by atoms with van der Waals surface area (Å²) in [6, 6.07) is 4.80. The van der Waals surface area contributed by atoms with E-state index in [2.05, 4.69) is 15.9 Å². The Hall–Kier alpha value is -2.55. The Morgan fingerprint density at radius 1 is 1.05 bits per heavy atom. The second-order valence-corrected chi connectivity index (χ2v) is 12.3. The minimum Gasteiger partial charge on any atom is -0.450 e. The van der Waals surface area contributed by atoms with Crippen LogP contribution in [0.1, 0.15) is 64.9 Å². The number of hydrogen-bond acceptors (Lipinski definition) is 7. The molecule has 3 saturated heterocycles. The SMILES string of the molecule is CCOC(=O)N1CC2(CC[C@@H](N3CCN(c4ncccc4C4CCN(C(=O)OC(C)(C)C)C4)CC3)C2)C1. The molecule has 1 unspecified atom stereocenters. The number of ether oxygens (including phenoxy) is 2. The van der Waals surface area contributed by atoms with Crippen LogP contribution in [-0.2, 0) is 9.47 Å². The molecule has 5 rings (SSSR count). The minimum atomic E-state index is -0.480. The van der Waals surface area contributed by atoms with Crippen LogP contribution in [0.4, 0.5) is 15.4 Å². The summed E-state index contributed by atoms with van der Waals surface area (Å²) < 4.78 is 10.8. The molecule has 4 fully saturated rings. The number of rotatable bonds is 4. The molecule has 4 aliphatic rings. The molecule has 1 aromatic heterocycles. The van der Waals surface area contributed by atoms with Crippen molar-refractivity contribution in [2.75, 3.05) is 63.9 Å². The minimum absolute atomic E-state index is 0.159. The molecule has 0 N–H and O–H groups in total. The number of nitrogens with zero attached hydrogens (tertiary/aromatic N) is 5. The summed E-state index contributed by atoms with van der Waals surface area (Å²) in [6.45, 7) is 15.1. The molecule has 2 amide bonds. The smallest absolute Gasteiger partial charge is 0.410 e. The summed E-state index contributed by atoms with van der Waals surface area (Å²) in [6.07, 6.45) is 6.04. The summed E-state index contributed by atoms with van der Waals surface area (Å²) in [5.74, 6) is 1.36. The van der Waals surface area contributed by atoms with Gasteiger partial charge in [-0.05, 0) is 65.0 Å². The lowest BCUT2D eigenvalue weighted by Gasteiger charge is -2.48. The Bertz CT molecular complexity index is 981. The van der Waals surface area contributed by atoms with E-state index in [-0.39, 0.29) is 18.1 Å². The van der Waals surface area contributed by atoms with Crippen molar-refractivity contribution in [1.29, 1.82) is 0 Å². The van der Waals surface area contributed by atoms with Crippen molar-refractivity contribution in [2.45, 2.75) is 70.9 Å². The average molecular weight is 514 g/mol. The van der Waals surface area contributed by atoms with E-state index < -0.39 is 5.60 Å². The second kappa shape index (κ2) is 10.3. The molecule has 0 bridgehead atoms. The van der Waals surface area contributed by atoms with E-state index in [1.807, 2.05) is 49.8 Å².